The van der Waals surface area contributed by atoms with Crippen molar-refractivity contribution in [2.75, 3.05) is 0 Å². The van der Waals surface area contributed by atoms with Crippen molar-refractivity contribution in [1.29, 1.82) is 0 Å². The van der Waals surface area contributed by atoms with E-state index >= 15 is 0 Å². The fraction of sp³-hybridized carbons (Fsp3) is 0.615. The topological polar surface area (TPSA) is 42.2 Å². The number of furan rings is 1. The minimum absolute atomic E-state index is 0.131. The maximum Gasteiger partial charge on any atom is 0.256 e. The molecule has 0 aliphatic heterocycles. The normalized spacial score (nSPS) is 20.2. The zero-order valence-corrected chi connectivity index (χ0v) is 11.0. The highest BCUT2D eigenvalue weighted by molar-refractivity contribution is 6.32. The Morgan fingerprint density at radius 3 is 2.65 bits per heavy atom. The Bertz CT molecular complexity index is 401. The van der Waals surface area contributed by atoms with Crippen LogP contribution in [0.15, 0.2) is 16.7 Å². The van der Waals surface area contributed by atoms with E-state index in [-0.39, 0.29) is 17.2 Å². The van der Waals surface area contributed by atoms with Gasteiger partial charge in [-0.1, -0.05) is 13.8 Å². The lowest BCUT2D eigenvalue weighted by Crippen LogP contribution is -2.39. The van der Waals surface area contributed by atoms with E-state index < -0.39 is 0 Å². The van der Waals surface area contributed by atoms with E-state index in [1.165, 1.54) is 6.26 Å². The number of hydrogen-bond donors (Lipinski definition) is 1. The fourth-order valence-corrected chi connectivity index (χ4v) is 2.46. The smallest absolute Gasteiger partial charge is 0.256 e. The second-order valence-corrected chi connectivity index (χ2v) is 5.86. The highest BCUT2D eigenvalue weighted by Crippen LogP contribution is 2.35. The first-order valence-corrected chi connectivity index (χ1v) is 6.40. The Hall–Kier alpha value is -0.960. The molecule has 4 heteroatoms. The van der Waals surface area contributed by atoms with Crippen LogP contribution in [-0.4, -0.2) is 11.9 Å². The Labute approximate surface area is 107 Å². The summed E-state index contributed by atoms with van der Waals surface area (Å²) in [5.41, 5.74) is 0.839. The lowest BCUT2D eigenvalue weighted by atomic mass is 9.75. The van der Waals surface area contributed by atoms with Gasteiger partial charge in [-0.2, -0.15) is 0 Å². The largest absolute Gasteiger partial charge is 0.452 e. The molecule has 3 nitrogen and oxygen atoms in total. The van der Waals surface area contributed by atoms with Crippen molar-refractivity contribution >= 4 is 17.5 Å². The summed E-state index contributed by atoms with van der Waals surface area (Å²) in [5.74, 6) is -0.131. The summed E-state index contributed by atoms with van der Waals surface area (Å²) in [6.45, 7) is 4.55. The van der Waals surface area contributed by atoms with Crippen molar-refractivity contribution in [3.63, 3.8) is 0 Å². The molecule has 17 heavy (non-hydrogen) atoms. The number of carbonyl (C=O) groups excluding carboxylic acids is 1. The van der Waals surface area contributed by atoms with Crippen LogP contribution in [0.1, 0.15) is 49.9 Å². The van der Waals surface area contributed by atoms with Crippen molar-refractivity contribution in [2.45, 2.75) is 45.6 Å². The Morgan fingerprint density at radius 1 is 1.47 bits per heavy atom. The molecule has 0 bridgehead atoms. The molecule has 0 radical (unpaired) electrons. The summed E-state index contributed by atoms with van der Waals surface area (Å²) in [7, 11) is 0. The third-order valence-electron chi connectivity index (χ3n) is 3.54. The summed E-state index contributed by atoms with van der Waals surface area (Å²) in [5, 5.41) is 3.18. The minimum atomic E-state index is -0.131. The van der Waals surface area contributed by atoms with Crippen LogP contribution in [0.3, 0.4) is 0 Å². The zero-order valence-electron chi connectivity index (χ0n) is 10.3. The average Bonchev–Trinajstić information content (AvgIpc) is 2.68. The highest BCUT2D eigenvalue weighted by atomic mass is 35.5. The van der Waals surface area contributed by atoms with Crippen molar-refractivity contribution < 1.29 is 9.21 Å². The molecule has 1 amide bonds. The van der Waals surface area contributed by atoms with E-state index in [2.05, 4.69) is 19.2 Å². The number of nitrogens with one attached hydrogen (secondary N) is 1. The van der Waals surface area contributed by atoms with Gasteiger partial charge in [0.25, 0.3) is 5.91 Å². The molecule has 1 N–H and O–H groups in total. The maximum atomic E-state index is 11.9. The van der Waals surface area contributed by atoms with Crippen molar-refractivity contribution in [3.8, 4) is 0 Å². The van der Waals surface area contributed by atoms with Crippen LogP contribution < -0.4 is 5.32 Å². The van der Waals surface area contributed by atoms with E-state index in [1.807, 2.05) is 0 Å². The maximum absolute atomic E-state index is 11.9. The van der Waals surface area contributed by atoms with Gasteiger partial charge in [0.2, 0.25) is 5.22 Å². The van der Waals surface area contributed by atoms with E-state index in [0.29, 0.717) is 11.0 Å². The van der Waals surface area contributed by atoms with Crippen LogP contribution in [0, 0.1) is 5.41 Å². The number of hydrogen-bond acceptors (Lipinski definition) is 2. The van der Waals surface area contributed by atoms with Crippen LogP contribution in [0.25, 0.3) is 0 Å². The quantitative estimate of drug-likeness (QED) is 0.877. The molecule has 1 aliphatic rings. The highest BCUT2D eigenvalue weighted by Gasteiger charge is 2.28. The Kier molecular flexibility index (Phi) is 3.48. The zero-order chi connectivity index (χ0) is 12.5. The first-order chi connectivity index (χ1) is 7.98. The van der Waals surface area contributed by atoms with Crippen LogP contribution in [0.5, 0.6) is 0 Å². The molecule has 1 fully saturated rings. The molecule has 0 saturated heterocycles. The predicted octanol–water partition coefficient (Wildman–Crippen LogP) is 3.63. The Balaban J connectivity index is 1.91. The van der Waals surface area contributed by atoms with Crippen molar-refractivity contribution in [2.24, 2.45) is 5.41 Å². The van der Waals surface area contributed by atoms with Crippen LogP contribution in [-0.2, 0) is 0 Å². The SMILES string of the molecule is CC1(C)CCC(NC(=O)c2ccoc2Cl)CC1. The van der Waals surface area contributed by atoms with Crippen LogP contribution in [0.4, 0.5) is 0 Å². The predicted molar refractivity (Wildman–Crippen MR) is 67.2 cm³/mol. The summed E-state index contributed by atoms with van der Waals surface area (Å²) >= 11 is 5.77. The number of carbonyl (C=O) groups is 1. The van der Waals surface area contributed by atoms with Gasteiger partial charge in [-0.15, -0.1) is 0 Å². The molecule has 0 aromatic carbocycles. The van der Waals surface area contributed by atoms with Gasteiger partial charge in [0.1, 0.15) is 0 Å². The summed E-state index contributed by atoms with van der Waals surface area (Å²) < 4.78 is 4.91. The van der Waals surface area contributed by atoms with Gasteiger partial charge in [0.05, 0.1) is 11.8 Å². The molecule has 0 atom stereocenters. The van der Waals surface area contributed by atoms with Crippen molar-refractivity contribution in [3.05, 3.63) is 23.1 Å². The van der Waals surface area contributed by atoms with Gasteiger partial charge in [-0.3, -0.25) is 4.79 Å². The number of halogens is 1. The number of rotatable bonds is 2. The molecule has 0 spiro atoms. The van der Waals surface area contributed by atoms with E-state index in [0.717, 1.165) is 25.7 Å². The van der Waals surface area contributed by atoms with Gasteiger partial charge in [0.15, 0.2) is 0 Å². The van der Waals surface area contributed by atoms with E-state index in [9.17, 15) is 4.79 Å². The second kappa shape index (κ2) is 4.73. The molecule has 1 heterocycles. The molecular weight excluding hydrogens is 238 g/mol. The molecule has 1 aromatic heterocycles. The number of amides is 1. The Morgan fingerprint density at radius 2 is 2.12 bits per heavy atom. The minimum Gasteiger partial charge on any atom is -0.452 e. The van der Waals surface area contributed by atoms with Crippen molar-refractivity contribution in [1.82, 2.24) is 5.32 Å². The summed E-state index contributed by atoms with van der Waals surface area (Å²) in [6.07, 6.45) is 5.80. The van der Waals surface area contributed by atoms with Gasteiger partial charge in [0, 0.05) is 6.04 Å². The molecule has 2 rings (SSSR count). The third-order valence-corrected chi connectivity index (χ3v) is 3.83. The summed E-state index contributed by atoms with van der Waals surface area (Å²) in [6, 6.07) is 1.87. The van der Waals surface area contributed by atoms with Gasteiger partial charge in [-0.25, -0.2) is 0 Å². The first kappa shape index (κ1) is 12.5. The monoisotopic (exact) mass is 255 g/mol. The molecule has 1 saturated carbocycles. The molecule has 0 unspecified atom stereocenters. The fourth-order valence-electron chi connectivity index (χ4n) is 2.26. The lowest BCUT2D eigenvalue weighted by molar-refractivity contribution is 0.0908. The molecule has 1 aromatic rings. The first-order valence-electron chi connectivity index (χ1n) is 6.02. The standard InChI is InChI=1S/C13H18ClNO2/c1-13(2)6-3-9(4-7-13)15-12(16)10-5-8-17-11(10)14/h5,8-9H,3-4,6-7H2,1-2H3,(H,15,16). The molecule has 94 valence electrons. The second-order valence-electron chi connectivity index (χ2n) is 5.52. The molecular formula is C13H18ClNO2. The van der Waals surface area contributed by atoms with Crippen LogP contribution >= 0.6 is 11.6 Å². The van der Waals surface area contributed by atoms with E-state index in [4.69, 9.17) is 16.0 Å². The van der Waals surface area contributed by atoms with Gasteiger partial charge >= 0.3 is 0 Å². The average molecular weight is 256 g/mol. The van der Waals surface area contributed by atoms with Crippen LogP contribution in [0.2, 0.25) is 5.22 Å². The summed E-state index contributed by atoms with van der Waals surface area (Å²) in [4.78, 5) is 11.9. The third kappa shape index (κ3) is 3.03. The van der Waals surface area contributed by atoms with Gasteiger partial charge < -0.3 is 9.73 Å². The molecule has 1 aliphatic carbocycles. The lowest BCUT2D eigenvalue weighted by Gasteiger charge is -2.34. The van der Waals surface area contributed by atoms with Gasteiger partial charge in [-0.05, 0) is 48.8 Å². The van der Waals surface area contributed by atoms with E-state index in [1.54, 1.807) is 6.07 Å².